The maximum Gasteiger partial charge on any atom is 0.274 e. The van der Waals surface area contributed by atoms with Gasteiger partial charge in [-0.1, -0.05) is 0 Å². The number of amides is 1. The Balaban J connectivity index is 1.57. The molecule has 0 radical (unpaired) electrons. The third kappa shape index (κ3) is 4.51. The quantitative estimate of drug-likeness (QED) is 0.819. The number of rotatable bonds is 5. The molecule has 3 rings (SSSR count). The molecule has 0 N–H and O–H groups in total. The number of morpholine rings is 1. The van der Waals surface area contributed by atoms with Crippen LogP contribution >= 0.6 is 0 Å². The predicted molar refractivity (Wildman–Crippen MR) is 94.6 cm³/mol. The maximum absolute atomic E-state index is 12.5. The zero-order valence-electron chi connectivity index (χ0n) is 14.6. The molecule has 0 spiro atoms. The Morgan fingerprint density at radius 3 is 3.00 bits per heavy atom. The molecule has 1 aliphatic heterocycles. The van der Waals surface area contributed by atoms with Crippen molar-refractivity contribution in [3.63, 3.8) is 0 Å². The Bertz CT molecular complexity index is 708. The van der Waals surface area contributed by atoms with Crippen LogP contribution in [0.25, 0.3) is 0 Å². The van der Waals surface area contributed by atoms with Crippen molar-refractivity contribution in [1.82, 2.24) is 20.1 Å². The molecule has 2 aromatic heterocycles. The number of aryl methyl sites for hydroxylation is 1. The minimum absolute atomic E-state index is 0.0327. The number of anilines is 1. The Hall–Kier alpha value is -2.54. The zero-order chi connectivity index (χ0) is 17.6. The van der Waals surface area contributed by atoms with Gasteiger partial charge < -0.3 is 14.5 Å². The highest BCUT2D eigenvalue weighted by molar-refractivity contribution is 5.92. The van der Waals surface area contributed by atoms with Crippen LogP contribution in [0.5, 0.6) is 0 Å². The second-order valence-corrected chi connectivity index (χ2v) is 6.31. The Morgan fingerprint density at radius 1 is 1.36 bits per heavy atom. The highest BCUT2D eigenvalue weighted by Gasteiger charge is 2.25. The fourth-order valence-corrected chi connectivity index (χ4v) is 2.84. The van der Waals surface area contributed by atoms with Crippen molar-refractivity contribution in [3.8, 4) is 0 Å². The molecule has 7 nitrogen and oxygen atoms in total. The lowest BCUT2D eigenvalue weighted by atomic mass is 10.1. The number of pyridine rings is 1. The van der Waals surface area contributed by atoms with Gasteiger partial charge in [-0.25, -0.2) is 4.98 Å². The van der Waals surface area contributed by atoms with E-state index in [2.05, 4.69) is 21.2 Å². The van der Waals surface area contributed by atoms with Crippen molar-refractivity contribution in [2.45, 2.75) is 18.9 Å². The van der Waals surface area contributed by atoms with Gasteiger partial charge in [0.15, 0.2) is 5.69 Å². The molecule has 0 aliphatic carbocycles. The lowest BCUT2D eigenvalue weighted by Gasteiger charge is -2.32. The molecule has 7 heteroatoms. The average molecular weight is 341 g/mol. The first-order valence-electron chi connectivity index (χ1n) is 8.44. The van der Waals surface area contributed by atoms with Crippen molar-refractivity contribution in [1.29, 1.82) is 0 Å². The van der Waals surface area contributed by atoms with E-state index >= 15 is 0 Å². The molecule has 1 fully saturated rings. The molecular weight excluding hydrogens is 318 g/mol. The van der Waals surface area contributed by atoms with Gasteiger partial charge >= 0.3 is 0 Å². The van der Waals surface area contributed by atoms with Gasteiger partial charge in [0.1, 0.15) is 5.82 Å². The van der Waals surface area contributed by atoms with Crippen molar-refractivity contribution in [2.24, 2.45) is 0 Å². The summed E-state index contributed by atoms with van der Waals surface area (Å²) in [6, 6.07) is 7.53. The first kappa shape index (κ1) is 17.3. The fraction of sp³-hybridized carbons (Fsp3) is 0.444. The third-order valence-corrected chi connectivity index (χ3v) is 4.24. The van der Waals surface area contributed by atoms with E-state index in [0.717, 1.165) is 18.7 Å². The molecule has 3 heterocycles. The van der Waals surface area contributed by atoms with E-state index in [9.17, 15) is 4.79 Å². The zero-order valence-corrected chi connectivity index (χ0v) is 14.6. The summed E-state index contributed by atoms with van der Waals surface area (Å²) in [4.78, 5) is 20.6. The number of aromatic nitrogens is 3. The van der Waals surface area contributed by atoms with Crippen LogP contribution in [0.2, 0.25) is 0 Å². The summed E-state index contributed by atoms with van der Waals surface area (Å²) in [6.45, 7) is 1.73. The van der Waals surface area contributed by atoms with Gasteiger partial charge in [0, 0.05) is 39.6 Å². The van der Waals surface area contributed by atoms with Crippen LogP contribution in [0.4, 0.5) is 5.82 Å². The smallest absolute Gasteiger partial charge is 0.274 e. The fourth-order valence-electron chi connectivity index (χ4n) is 2.84. The summed E-state index contributed by atoms with van der Waals surface area (Å²) in [5.74, 6) is 0.863. The molecule has 0 saturated carbocycles. The van der Waals surface area contributed by atoms with E-state index in [1.165, 1.54) is 5.56 Å². The highest BCUT2D eigenvalue weighted by Crippen LogP contribution is 2.16. The first-order valence-corrected chi connectivity index (χ1v) is 8.44. The normalized spacial score (nSPS) is 17.4. The Labute approximate surface area is 147 Å². The number of hydrogen-bond donors (Lipinski definition) is 0. The van der Waals surface area contributed by atoms with Gasteiger partial charge in [0.05, 0.1) is 12.7 Å². The standard InChI is InChI=1S/C18H23N5O2/c1-22(2)17-12-14(7-9-19-17)5-6-15-13-23(10-11-25-15)18(24)16-4-3-8-20-21-16/h3-4,7-9,12,15H,5-6,10-11,13H2,1-2H3. The molecule has 1 atom stereocenters. The molecule has 2 aromatic rings. The van der Waals surface area contributed by atoms with Crippen molar-refractivity contribution < 1.29 is 9.53 Å². The van der Waals surface area contributed by atoms with Crippen LogP contribution < -0.4 is 4.90 Å². The average Bonchev–Trinajstić information content (AvgIpc) is 2.67. The van der Waals surface area contributed by atoms with Crippen LogP contribution in [-0.4, -0.2) is 65.9 Å². The van der Waals surface area contributed by atoms with E-state index in [-0.39, 0.29) is 12.0 Å². The molecule has 1 amide bonds. The van der Waals surface area contributed by atoms with Gasteiger partial charge in [-0.3, -0.25) is 4.79 Å². The summed E-state index contributed by atoms with van der Waals surface area (Å²) < 4.78 is 5.84. The lowest BCUT2D eigenvalue weighted by Crippen LogP contribution is -2.46. The van der Waals surface area contributed by atoms with Crippen LogP contribution in [0.1, 0.15) is 22.5 Å². The lowest BCUT2D eigenvalue weighted by molar-refractivity contribution is -0.0248. The van der Waals surface area contributed by atoms with Crippen molar-refractivity contribution in [2.75, 3.05) is 38.7 Å². The number of nitrogens with zero attached hydrogens (tertiary/aromatic N) is 5. The van der Waals surface area contributed by atoms with Crippen LogP contribution in [0.15, 0.2) is 36.7 Å². The van der Waals surface area contributed by atoms with Crippen molar-refractivity contribution >= 4 is 11.7 Å². The van der Waals surface area contributed by atoms with Crippen LogP contribution in [0, 0.1) is 0 Å². The third-order valence-electron chi connectivity index (χ3n) is 4.24. The predicted octanol–water partition coefficient (Wildman–Crippen LogP) is 1.41. The topological polar surface area (TPSA) is 71.5 Å². The number of ether oxygens (including phenoxy) is 1. The second-order valence-electron chi connectivity index (χ2n) is 6.31. The maximum atomic E-state index is 12.5. The summed E-state index contributed by atoms with van der Waals surface area (Å²) >= 11 is 0. The van der Waals surface area contributed by atoms with Gasteiger partial charge in [-0.15, -0.1) is 5.10 Å². The molecule has 0 bridgehead atoms. The van der Waals surface area contributed by atoms with Gasteiger partial charge in [-0.2, -0.15) is 5.10 Å². The van der Waals surface area contributed by atoms with E-state index in [4.69, 9.17) is 4.74 Å². The van der Waals surface area contributed by atoms with Crippen molar-refractivity contribution in [3.05, 3.63) is 47.9 Å². The Morgan fingerprint density at radius 2 is 2.24 bits per heavy atom. The van der Waals surface area contributed by atoms with E-state index in [0.29, 0.717) is 25.4 Å². The van der Waals surface area contributed by atoms with E-state index < -0.39 is 0 Å². The molecule has 25 heavy (non-hydrogen) atoms. The molecule has 0 aromatic carbocycles. The summed E-state index contributed by atoms with van der Waals surface area (Å²) in [5, 5.41) is 7.68. The number of carbonyl (C=O) groups is 1. The van der Waals surface area contributed by atoms with Crippen LogP contribution in [-0.2, 0) is 11.2 Å². The minimum atomic E-state index is -0.0831. The highest BCUT2D eigenvalue weighted by atomic mass is 16.5. The van der Waals surface area contributed by atoms with E-state index in [1.54, 1.807) is 23.2 Å². The summed E-state index contributed by atoms with van der Waals surface area (Å²) in [5.41, 5.74) is 1.60. The largest absolute Gasteiger partial charge is 0.375 e. The monoisotopic (exact) mass is 341 g/mol. The summed E-state index contributed by atoms with van der Waals surface area (Å²) in [7, 11) is 3.96. The first-order chi connectivity index (χ1) is 12.1. The molecule has 1 saturated heterocycles. The summed E-state index contributed by atoms with van der Waals surface area (Å²) in [6.07, 6.45) is 5.18. The van der Waals surface area contributed by atoms with Crippen LogP contribution in [0.3, 0.4) is 0 Å². The molecule has 132 valence electrons. The number of hydrogen-bond acceptors (Lipinski definition) is 6. The molecular formula is C18H23N5O2. The minimum Gasteiger partial charge on any atom is -0.375 e. The van der Waals surface area contributed by atoms with Gasteiger partial charge in [0.25, 0.3) is 5.91 Å². The molecule has 1 unspecified atom stereocenters. The number of carbonyl (C=O) groups excluding carboxylic acids is 1. The van der Waals surface area contributed by atoms with Gasteiger partial charge in [0.2, 0.25) is 0 Å². The molecule has 1 aliphatic rings. The van der Waals surface area contributed by atoms with E-state index in [1.807, 2.05) is 31.3 Å². The second kappa shape index (κ2) is 8.02. The SMILES string of the molecule is CN(C)c1cc(CCC2CN(C(=O)c3cccnn3)CCO2)ccn1. The van der Waals surface area contributed by atoms with Gasteiger partial charge in [-0.05, 0) is 42.7 Å². The Kier molecular flexibility index (Phi) is 5.55.